The molecule has 21 heavy (non-hydrogen) atoms. The smallest absolute Gasteiger partial charge is 0.410 e. The first-order valence-electron chi connectivity index (χ1n) is 7.98. The van der Waals surface area contributed by atoms with E-state index in [-0.39, 0.29) is 18.2 Å². The Labute approximate surface area is 129 Å². The van der Waals surface area contributed by atoms with E-state index in [1.807, 2.05) is 25.7 Å². The van der Waals surface area contributed by atoms with Crippen LogP contribution >= 0.6 is 0 Å². The summed E-state index contributed by atoms with van der Waals surface area (Å²) in [5.41, 5.74) is -0.440. The standard InChI is InChI=1S/C17H30N2O2/c1-7-14(8-2)18-13(3)12-15-10-9-11-19(15)16(20)21-17(4,5)6/h1,13-15,18H,8-12H2,2-6H3. The Kier molecular flexibility index (Phi) is 6.54. The topological polar surface area (TPSA) is 41.6 Å². The van der Waals surface area contributed by atoms with Crippen LogP contribution in [-0.2, 0) is 4.74 Å². The molecule has 4 nitrogen and oxygen atoms in total. The highest BCUT2D eigenvalue weighted by Gasteiger charge is 2.32. The fourth-order valence-electron chi connectivity index (χ4n) is 2.75. The van der Waals surface area contributed by atoms with Crippen LogP contribution in [0, 0.1) is 12.3 Å². The summed E-state index contributed by atoms with van der Waals surface area (Å²) in [7, 11) is 0. The summed E-state index contributed by atoms with van der Waals surface area (Å²) in [6, 6.07) is 0.646. The summed E-state index contributed by atoms with van der Waals surface area (Å²) in [5, 5.41) is 3.44. The Morgan fingerprint density at radius 3 is 2.71 bits per heavy atom. The summed E-state index contributed by atoms with van der Waals surface area (Å²) in [5.74, 6) is 2.76. The molecule has 3 atom stereocenters. The molecule has 0 saturated carbocycles. The molecule has 0 aromatic carbocycles. The number of amides is 1. The second kappa shape index (κ2) is 7.70. The van der Waals surface area contributed by atoms with Gasteiger partial charge in [0.2, 0.25) is 0 Å². The molecule has 1 aliphatic heterocycles. The summed E-state index contributed by atoms with van der Waals surface area (Å²) in [6.07, 6.45) is 9.21. The van der Waals surface area contributed by atoms with Crippen molar-refractivity contribution in [3.05, 3.63) is 0 Å². The molecule has 1 aliphatic rings. The molecule has 4 heteroatoms. The molecule has 0 radical (unpaired) electrons. The van der Waals surface area contributed by atoms with Crippen molar-refractivity contribution in [1.82, 2.24) is 10.2 Å². The lowest BCUT2D eigenvalue weighted by Crippen LogP contribution is -2.44. The SMILES string of the molecule is C#CC(CC)NC(C)CC1CCCN1C(=O)OC(C)(C)C. The molecule has 1 saturated heterocycles. The van der Waals surface area contributed by atoms with E-state index in [1.54, 1.807) is 0 Å². The highest BCUT2D eigenvalue weighted by molar-refractivity contribution is 5.68. The van der Waals surface area contributed by atoms with Gasteiger partial charge in [0.25, 0.3) is 0 Å². The number of likely N-dealkylation sites (tertiary alicyclic amines) is 1. The Bertz CT molecular complexity index is 381. The number of hydrogen-bond acceptors (Lipinski definition) is 3. The van der Waals surface area contributed by atoms with Crippen LogP contribution in [0.15, 0.2) is 0 Å². The van der Waals surface area contributed by atoms with E-state index in [1.165, 1.54) is 0 Å². The van der Waals surface area contributed by atoms with Gasteiger partial charge in [-0.15, -0.1) is 6.42 Å². The van der Waals surface area contributed by atoms with Crippen molar-refractivity contribution in [1.29, 1.82) is 0 Å². The summed E-state index contributed by atoms with van der Waals surface area (Å²) in [6.45, 7) is 10.7. The van der Waals surface area contributed by atoms with Crippen molar-refractivity contribution >= 4 is 6.09 Å². The number of rotatable bonds is 5. The quantitative estimate of drug-likeness (QED) is 0.792. The third kappa shape index (κ3) is 5.97. The molecule has 0 bridgehead atoms. The van der Waals surface area contributed by atoms with E-state index >= 15 is 0 Å². The number of hydrogen-bond donors (Lipinski definition) is 1. The first-order chi connectivity index (χ1) is 9.76. The van der Waals surface area contributed by atoms with Crippen LogP contribution in [0.25, 0.3) is 0 Å². The van der Waals surface area contributed by atoms with E-state index in [0.717, 1.165) is 32.2 Å². The summed E-state index contributed by atoms with van der Waals surface area (Å²) in [4.78, 5) is 14.1. The Balaban J connectivity index is 2.54. The van der Waals surface area contributed by atoms with E-state index in [9.17, 15) is 4.79 Å². The Hall–Kier alpha value is -1.21. The number of nitrogens with zero attached hydrogens (tertiary/aromatic N) is 1. The highest BCUT2D eigenvalue weighted by Crippen LogP contribution is 2.24. The van der Waals surface area contributed by atoms with Gasteiger partial charge in [0.05, 0.1) is 6.04 Å². The van der Waals surface area contributed by atoms with Crippen LogP contribution in [0.5, 0.6) is 0 Å². The van der Waals surface area contributed by atoms with Gasteiger partial charge in [0, 0.05) is 18.6 Å². The largest absolute Gasteiger partial charge is 0.444 e. The van der Waals surface area contributed by atoms with E-state index in [4.69, 9.17) is 11.2 Å². The maximum Gasteiger partial charge on any atom is 0.410 e. The van der Waals surface area contributed by atoms with Gasteiger partial charge in [0.1, 0.15) is 5.60 Å². The fraction of sp³-hybridized carbons (Fsp3) is 0.824. The zero-order valence-corrected chi connectivity index (χ0v) is 14.1. The molecule has 1 rings (SSSR count). The molecule has 3 unspecified atom stereocenters. The third-order valence-corrected chi connectivity index (χ3v) is 3.73. The van der Waals surface area contributed by atoms with Crippen molar-refractivity contribution < 1.29 is 9.53 Å². The number of nitrogens with one attached hydrogen (secondary N) is 1. The average Bonchev–Trinajstić information content (AvgIpc) is 2.82. The molecule has 1 N–H and O–H groups in total. The minimum absolute atomic E-state index is 0.108. The van der Waals surface area contributed by atoms with Gasteiger partial charge in [-0.2, -0.15) is 0 Å². The molecule has 1 fully saturated rings. The second-order valence-electron chi connectivity index (χ2n) is 6.90. The average molecular weight is 294 g/mol. The molecule has 0 aliphatic carbocycles. The van der Waals surface area contributed by atoms with Crippen molar-refractivity contribution in [3.63, 3.8) is 0 Å². The van der Waals surface area contributed by atoms with E-state index < -0.39 is 5.60 Å². The van der Waals surface area contributed by atoms with Crippen LogP contribution in [0.2, 0.25) is 0 Å². The van der Waals surface area contributed by atoms with Crippen molar-refractivity contribution in [2.24, 2.45) is 0 Å². The minimum atomic E-state index is -0.440. The number of ether oxygens (including phenoxy) is 1. The van der Waals surface area contributed by atoms with Gasteiger partial charge in [-0.05, 0) is 53.4 Å². The maximum absolute atomic E-state index is 12.2. The lowest BCUT2D eigenvalue weighted by atomic mass is 10.0. The lowest BCUT2D eigenvalue weighted by molar-refractivity contribution is 0.0214. The molecule has 1 heterocycles. The van der Waals surface area contributed by atoms with Crippen LogP contribution < -0.4 is 5.32 Å². The number of carbonyl (C=O) groups is 1. The molecule has 0 aromatic heterocycles. The fourth-order valence-corrected chi connectivity index (χ4v) is 2.75. The first-order valence-corrected chi connectivity index (χ1v) is 7.98. The normalized spacial score (nSPS) is 21.7. The van der Waals surface area contributed by atoms with Gasteiger partial charge >= 0.3 is 6.09 Å². The zero-order chi connectivity index (χ0) is 16.0. The van der Waals surface area contributed by atoms with Crippen molar-refractivity contribution in [2.75, 3.05) is 6.54 Å². The van der Waals surface area contributed by atoms with Gasteiger partial charge in [0.15, 0.2) is 0 Å². The van der Waals surface area contributed by atoms with Crippen molar-refractivity contribution in [2.45, 2.75) is 84.0 Å². The Morgan fingerprint density at radius 2 is 2.19 bits per heavy atom. The molecule has 0 spiro atoms. The van der Waals surface area contributed by atoms with Crippen LogP contribution in [0.3, 0.4) is 0 Å². The predicted octanol–water partition coefficient (Wildman–Crippen LogP) is 3.17. The second-order valence-corrected chi connectivity index (χ2v) is 6.90. The minimum Gasteiger partial charge on any atom is -0.444 e. The van der Waals surface area contributed by atoms with Crippen LogP contribution in [0.1, 0.15) is 60.3 Å². The van der Waals surface area contributed by atoms with E-state index in [0.29, 0.717) is 6.04 Å². The first kappa shape index (κ1) is 17.8. The van der Waals surface area contributed by atoms with Gasteiger partial charge in [-0.1, -0.05) is 12.8 Å². The molecule has 120 valence electrons. The van der Waals surface area contributed by atoms with E-state index in [2.05, 4.69) is 25.1 Å². The zero-order valence-electron chi connectivity index (χ0n) is 14.1. The third-order valence-electron chi connectivity index (χ3n) is 3.73. The van der Waals surface area contributed by atoms with Gasteiger partial charge in [-0.3, -0.25) is 0 Å². The molecular formula is C17H30N2O2. The highest BCUT2D eigenvalue weighted by atomic mass is 16.6. The monoisotopic (exact) mass is 294 g/mol. The Morgan fingerprint density at radius 1 is 1.52 bits per heavy atom. The summed E-state index contributed by atoms with van der Waals surface area (Å²) >= 11 is 0. The number of carbonyl (C=O) groups excluding carboxylic acids is 1. The predicted molar refractivity (Wildman–Crippen MR) is 86.1 cm³/mol. The van der Waals surface area contributed by atoms with Crippen LogP contribution in [0.4, 0.5) is 4.79 Å². The van der Waals surface area contributed by atoms with Gasteiger partial charge < -0.3 is 15.0 Å². The van der Waals surface area contributed by atoms with Crippen LogP contribution in [-0.4, -0.2) is 41.3 Å². The molecular weight excluding hydrogens is 264 g/mol. The summed E-state index contributed by atoms with van der Waals surface area (Å²) < 4.78 is 5.49. The number of terminal acetylenes is 1. The molecule has 1 amide bonds. The van der Waals surface area contributed by atoms with Gasteiger partial charge in [-0.25, -0.2) is 4.79 Å². The lowest BCUT2D eigenvalue weighted by Gasteiger charge is -2.30. The maximum atomic E-state index is 12.2. The van der Waals surface area contributed by atoms with Crippen molar-refractivity contribution in [3.8, 4) is 12.3 Å². The molecule has 0 aromatic rings.